The van der Waals surface area contributed by atoms with Crippen molar-refractivity contribution in [3.63, 3.8) is 0 Å². The van der Waals surface area contributed by atoms with Crippen LogP contribution < -0.4 is 15.4 Å². The van der Waals surface area contributed by atoms with Gasteiger partial charge in [-0.15, -0.1) is 0 Å². The number of ether oxygens (including phenoxy) is 1. The van der Waals surface area contributed by atoms with Crippen molar-refractivity contribution in [1.29, 1.82) is 0 Å². The van der Waals surface area contributed by atoms with Crippen molar-refractivity contribution >= 4 is 44.6 Å². The van der Waals surface area contributed by atoms with Crippen LogP contribution in [0.15, 0.2) is 53.0 Å². The normalized spacial score (nSPS) is 10.5. The second-order valence-electron chi connectivity index (χ2n) is 6.11. The van der Waals surface area contributed by atoms with Gasteiger partial charge in [0.05, 0.1) is 36.4 Å². The van der Waals surface area contributed by atoms with Gasteiger partial charge in [-0.2, -0.15) is 5.10 Å². The Morgan fingerprint density at radius 2 is 1.81 bits per heavy atom. The molecule has 0 radical (unpaired) electrons. The van der Waals surface area contributed by atoms with E-state index in [4.69, 9.17) is 17.0 Å². The minimum atomic E-state index is 0.494. The number of benzene rings is 2. The fourth-order valence-electron chi connectivity index (χ4n) is 2.81. The van der Waals surface area contributed by atoms with Gasteiger partial charge < -0.3 is 15.4 Å². The zero-order valence-corrected chi connectivity index (χ0v) is 17.8. The molecule has 0 bridgehead atoms. The first-order valence-corrected chi connectivity index (χ1v) is 9.67. The zero-order valence-electron chi connectivity index (χ0n) is 15.4. The van der Waals surface area contributed by atoms with Crippen LogP contribution in [0.1, 0.15) is 17.0 Å². The summed E-state index contributed by atoms with van der Waals surface area (Å²) in [6.45, 7) is 4.71. The topological polar surface area (TPSA) is 51.1 Å². The molecule has 1 heterocycles. The highest BCUT2D eigenvalue weighted by Gasteiger charge is 2.14. The molecule has 0 fully saturated rings. The Kier molecular flexibility index (Phi) is 6.13. The van der Waals surface area contributed by atoms with Gasteiger partial charge in [0.1, 0.15) is 5.75 Å². The Balaban J connectivity index is 1.74. The Morgan fingerprint density at radius 3 is 2.52 bits per heavy atom. The highest BCUT2D eigenvalue weighted by Crippen LogP contribution is 2.25. The van der Waals surface area contributed by atoms with E-state index >= 15 is 0 Å². The first kappa shape index (κ1) is 19.4. The van der Waals surface area contributed by atoms with Crippen molar-refractivity contribution in [1.82, 2.24) is 9.78 Å². The number of rotatable bonds is 5. The van der Waals surface area contributed by atoms with Gasteiger partial charge in [0.2, 0.25) is 0 Å². The largest absolute Gasteiger partial charge is 0.495 e. The lowest BCUT2D eigenvalue weighted by Gasteiger charge is -2.13. The molecule has 140 valence electrons. The Hall–Kier alpha value is -2.38. The van der Waals surface area contributed by atoms with E-state index in [1.165, 1.54) is 5.56 Å². The van der Waals surface area contributed by atoms with Crippen LogP contribution >= 0.6 is 28.1 Å². The summed E-state index contributed by atoms with van der Waals surface area (Å²) in [7, 11) is 1.64. The molecule has 1 aromatic heterocycles. The number of aromatic nitrogens is 2. The van der Waals surface area contributed by atoms with Crippen LogP contribution in [0.5, 0.6) is 5.75 Å². The molecule has 0 spiro atoms. The Bertz CT molecular complexity index is 953. The predicted octanol–water partition coefficient (Wildman–Crippen LogP) is 5.13. The SMILES string of the molecule is COc1ccccc1NC(=S)Nc1c(C)nn(Cc2ccc(Br)cc2)c1C. The molecule has 3 rings (SSSR count). The maximum atomic E-state index is 5.48. The highest BCUT2D eigenvalue weighted by atomic mass is 79.9. The molecule has 2 N–H and O–H groups in total. The Morgan fingerprint density at radius 1 is 1.11 bits per heavy atom. The molecule has 2 aromatic carbocycles. The molecule has 0 aliphatic rings. The quantitative estimate of drug-likeness (QED) is 0.534. The van der Waals surface area contributed by atoms with Crippen LogP contribution in [-0.4, -0.2) is 22.0 Å². The smallest absolute Gasteiger partial charge is 0.175 e. The maximum Gasteiger partial charge on any atom is 0.175 e. The Labute approximate surface area is 172 Å². The standard InChI is InChI=1S/C20H21BrN4OS/c1-13-19(23-20(27)22-17-6-4-5-7-18(17)26-3)14(2)25(24-13)12-15-8-10-16(21)11-9-15/h4-11H,12H2,1-3H3,(H2,22,23,27). The lowest BCUT2D eigenvalue weighted by molar-refractivity contribution is 0.417. The number of anilines is 2. The predicted molar refractivity (Wildman–Crippen MR) is 118 cm³/mol. The van der Waals surface area contributed by atoms with E-state index in [2.05, 4.69) is 43.8 Å². The van der Waals surface area contributed by atoms with Gasteiger partial charge in [-0.05, 0) is 55.9 Å². The summed E-state index contributed by atoms with van der Waals surface area (Å²) in [5.41, 5.74) is 4.84. The molecule has 0 saturated carbocycles. The number of hydrogen-bond acceptors (Lipinski definition) is 3. The zero-order chi connectivity index (χ0) is 19.4. The summed E-state index contributed by atoms with van der Waals surface area (Å²) in [4.78, 5) is 0. The van der Waals surface area contributed by atoms with Crippen molar-refractivity contribution in [2.45, 2.75) is 20.4 Å². The average molecular weight is 445 g/mol. The second kappa shape index (κ2) is 8.54. The number of aryl methyl sites for hydroxylation is 1. The fourth-order valence-corrected chi connectivity index (χ4v) is 3.29. The van der Waals surface area contributed by atoms with Gasteiger partial charge in [0, 0.05) is 4.47 Å². The molecular weight excluding hydrogens is 424 g/mol. The lowest BCUT2D eigenvalue weighted by atomic mass is 10.2. The number of para-hydroxylation sites is 2. The van der Waals surface area contributed by atoms with E-state index in [1.54, 1.807) is 7.11 Å². The van der Waals surface area contributed by atoms with Crippen LogP contribution in [0.25, 0.3) is 0 Å². The van der Waals surface area contributed by atoms with Crippen molar-refractivity contribution in [2.75, 3.05) is 17.7 Å². The molecule has 0 unspecified atom stereocenters. The van der Waals surface area contributed by atoms with Crippen molar-refractivity contribution in [3.05, 3.63) is 70.0 Å². The average Bonchev–Trinajstić information content (AvgIpc) is 2.91. The van der Waals surface area contributed by atoms with E-state index in [0.29, 0.717) is 11.7 Å². The molecule has 5 nitrogen and oxygen atoms in total. The van der Waals surface area contributed by atoms with Gasteiger partial charge in [-0.1, -0.05) is 40.2 Å². The molecule has 3 aromatic rings. The second-order valence-corrected chi connectivity index (χ2v) is 7.43. The summed E-state index contributed by atoms with van der Waals surface area (Å²) in [5.74, 6) is 0.737. The van der Waals surface area contributed by atoms with E-state index in [1.807, 2.05) is 54.9 Å². The highest BCUT2D eigenvalue weighted by molar-refractivity contribution is 9.10. The van der Waals surface area contributed by atoms with Crippen LogP contribution in [0.3, 0.4) is 0 Å². The van der Waals surface area contributed by atoms with Crippen molar-refractivity contribution in [3.8, 4) is 5.75 Å². The number of methoxy groups -OCH3 is 1. The first-order valence-electron chi connectivity index (χ1n) is 8.47. The van der Waals surface area contributed by atoms with E-state index in [0.717, 1.165) is 33.0 Å². The maximum absolute atomic E-state index is 5.48. The monoisotopic (exact) mass is 444 g/mol. The van der Waals surface area contributed by atoms with Crippen molar-refractivity contribution < 1.29 is 4.74 Å². The summed E-state index contributed by atoms with van der Waals surface area (Å²) < 4.78 is 8.40. The number of hydrogen-bond donors (Lipinski definition) is 2. The first-order chi connectivity index (χ1) is 13.0. The van der Waals surface area contributed by atoms with Crippen molar-refractivity contribution in [2.24, 2.45) is 0 Å². The third kappa shape index (κ3) is 4.67. The molecule has 0 amide bonds. The summed E-state index contributed by atoms with van der Waals surface area (Å²) in [5, 5.41) is 11.6. The molecule has 0 aliphatic carbocycles. The number of thiocarbonyl (C=S) groups is 1. The van der Waals surface area contributed by atoms with Gasteiger partial charge in [-0.3, -0.25) is 4.68 Å². The number of nitrogens with one attached hydrogen (secondary N) is 2. The number of halogens is 1. The number of nitrogens with zero attached hydrogens (tertiary/aromatic N) is 2. The molecular formula is C20H21BrN4OS. The third-order valence-corrected chi connectivity index (χ3v) is 4.95. The molecule has 7 heteroatoms. The molecule has 0 atom stereocenters. The molecule has 0 aliphatic heterocycles. The van der Waals surface area contributed by atoms with Gasteiger partial charge in [-0.25, -0.2) is 0 Å². The van der Waals surface area contributed by atoms with Gasteiger partial charge in [0.25, 0.3) is 0 Å². The third-order valence-electron chi connectivity index (χ3n) is 4.22. The van der Waals surface area contributed by atoms with Gasteiger partial charge in [0.15, 0.2) is 5.11 Å². The summed E-state index contributed by atoms with van der Waals surface area (Å²) >= 11 is 8.94. The van der Waals surface area contributed by atoms with E-state index in [-0.39, 0.29) is 0 Å². The minimum Gasteiger partial charge on any atom is -0.495 e. The van der Waals surface area contributed by atoms with Crippen LogP contribution in [0.4, 0.5) is 11.4 Å². The lowest BCUT2D eigenvalue weighted by Crippen LogP contribution is -2.20. The van der Waals surface area contributed by atoms with E-state index < -0.39 is 0 Å². The summed E-state index contributed by atoms with van der Waals surface area (Å²) in [6, 6.07) is 15.9. The van der Waals surface area contributed by atoms with Gasteiger partial charge >= 0.3 is 0 Å². The molecule has 0 saturated heterocycles. The minimum absolute atomic E-state index is 0.494. The van der Waals surface area contributed by atoms with Crippen LogP contribution in [0.2, 0.25) is 0 Å². The van der Waals surface area contributed by atoms with Crippen LogP contribution in [0, 0.1) is 13.8 Å². The van der Waals surface area contributed by atoms with Crippen LogP contribution in [-0.2, 0) is 6.54 Å². The molecule has 27 heavy (non-hydrogen) atoms. The van der Waals surface area contributed by atoms with E-state index in [9.17, 15) is 0 Å². The fraction of sp³-hybridized carbons (Fsp3) is 0.200. The summed E-state index contributed by atoms with van der Waals surface area (Å²) in [6.07, 6.45) is 0.